The molecule has 1 atom stereocenters. The van der Waals surface area contributed by atoms with Gasteiger partial charge in [-0.2, -0.15) is 0 Å². The lowest BCUT2D eigenvalue weighted by Crippen LogP contribution is -2.41. The van der Waals surface area contributed by atoms with Crippen LogP contribution in [-0.4, -0.2) is 49.1 Å². The molecule has 2 aliphatic rings. The molecule has 0 spiro atoms. The number of carbonyl (C=O) groups is 2. The van der Waals surface area contributed by atoms with Crippen molar-refractivity contribution in [2.24, 2.45) is 11.7 Å². The van der Waals surface area contributed by atoms with E-state index >= 15 is 0 Å². The molecule has 0 aliphatic carbocycles. The zero-order chi connectivity index (χ0) is 16.9. The first kappa shape index (κ1) is 16.8. The standard InChI is InChI=1S/C18H24N2O4/c19-17(21)13-6-8-20(9-7-13)18(22)14-3-1-4-15(11-14)24-12-16-5-2-10-23-16/h1,3-4,11,13,16H,2,5-10,12H2,(H2,19,21). The Labute approximate surface area is 141 Å². The van der Waals surface area contributed by atoms with Crippen molar-refractivity contribution < 1.29 is 19.1 Å². The maximum absolute atomic E-state index is 12.6. The van der Waals surface area contributed by atoms with Crippen molar-refractivity contribution in [3.05, 3.63) is 29.8 Å². The molecule has 2 N–H and O–H groups in total. The Hall–Kier alpha value is -2.08. The predicted octanol–water partition coefficient (Wildman–Crippen LogP) is 1.58. The Kier molecular flexibility index (Phi) is 5.35. The highest BCUT2D eigenvalue weighted by Gasteiger charge is 2.26. The van der Waals surface area contributed by atoms with Gasteiger partial charge in [0.15, 0.2) is 0 Å². The fraction of sp³-hybridized carbons (Fsp3) is 0.556. The lowest BCUT2D eigenvalue weighted by atomic mass is 9.96. The monoisotopic (exact) mass is 332 g/mol. The molecule has 0 radical (unpaired) electrons. The molecule has 2 fully saturated rings. The fourth-order valence-electron chi connectivity index (χ4n) is 3.23. The first-order chi connectivity index (χ1) is 11.6. The largest absolute Gasteiger partial charge is 0.491 e. The van der Waals surface area contributed by atoms with Crippen LogP contribution in [0.4, 0.5) is 0 Å². The molecule has 2 aliphatic heterocycles. The number of ether oxygens (including phenoxy) is 2. The molecule has 6 heteroatoms. The van der Waals surface area contributed by atoms with Crippen molar-refractivity contribution in [3.8, 4) is 5.75 Å². The molecule has 0 bridgehead atoms. The van der Waals surface area contributed by atoms with Gasteiger partial charge in [0.25, 0.3) is 5.91 Å². The van der Waals surface area contributed by atoms with Crippen molar-refractivity contribution in [1.29, 1.82) is 0 Å². The van der Waals surface area contributed by atoms with Crippen molar-refractivity contribution in [2.75, 3.05) is 26.3 Å². The SMILES string of the molecule is NC(=O)C1CCN(C(=O)c2cccc(OCC3CCCO3)c2)CC1. The predicted molar refractivity (Wildman–Crippen MR) is 88.7 cm³/mol. The van der Waals surface area contributed by atoms with Crippen LogP contribution in [0, 0.1) is 5.92 Å². The van der Waals surface area contributed by atoms with Crippen LogP contribution in [0.3, 0.4) is 0 Å². The minimum Gasteiger partial charge on any atom is -0.491 e. The van der Waals surface area contributed by atoms with Crippen LogP contribution in [0.25, 0.3) is 0 Å². The quantitative estimate of drug-likeness (QED) is 0.887. The number of likely N-dealkylation sites (tertiary alicyclic amines) is 1. The first-order valence-corrected chi connectivity index (χ1v) is 8.56. The second-order valence-electron chi connectivity index (χ2n) is 6.44. The normalized spacial score (nSPS) is 21.7. The third-order valence-corrected chi connectivity index (χ3v) is 4.73. The molecule has 2 saturated heterocycles. The van der Waals surface area contributed by atoms with E-state index < -0.39 is 0 Å². The van der Waals surface area contributed by atoms with E-state index in [0.29, 0.717) is 43.9 Å². The molecule has 0 aromatic heterocycles. The highest BCUT2D eigenvalue weighted by Crippen LogP contribution is 2.21. The molecule has 0 saturated carbocycles. The van der Waals surface area contributed by atoms with E-state index in [1.54, 1.807) is 17.0 Å². The number of primary amides is 1. The molecule has 1 aromatic rings. The van der Waals surface area contributed by atoms with Gasteiger partial charge in [-0.15, -0.1) is 0 Å². The minimum atomic E-state index is -0.272. The second kappa shape index (κ2) is 7.66. The average Bonchev–Trinajstić information content (AvgIpc) is 3.13. The number of benzene rings is 1. The molecule has 1 unspecified atom stereocenters. The molecule has 3 rings (SSSR count). The maximum Gasteiger partial charge on any atom is 0.253 e. The first-order valence-electron chi connectivity index (χ1n) is 8.56. The summed E-state index contributed by atoms with van der Waals surface area (Å²) in [5.41, 5.74) is 5.94. The molecule has 1 aromatic carbocycles. The number of rotatable bonds is 5. The zero-order valence-corrected chi connectivity index (χ0v) is 13.8. The van der Waals surface area contributed by atoms with Gasteiger partial charge in [0.2, 0.25) is 5.91 Å². The van der Waals surface area contributed by atoms with Gasteiger partial charge < -0.3 is 20.1 Å². The molecule has 2 heterocycles. The van der Waals surface area contributed by atoms with Crippen LogP contribution in [0.2, 0.25) is 0 Å². The number of hydrogen-bond donors (Lipinski definition) is 1. The minimum absolute atomic E-state index is 0.0273. The van der Waals surface area contributed by atoms with E-state index in [4.69, 9.17) is 15.2 Å². The lowest BCUT2D eigenvalue weighted by molar-refractivity contribution is -0.123. The summed E-state index contributed by atoms with van der Waals surface area (Å²) in [6.45, 7) is 2.44. The van der Waals surface area contributed by atoms with Crippen LogP contribution in [0.1, 0.15) is 36.0 Å². The van der Waals surface area contributed by atoms with E-state index in [2.05, 4.69) is 0 Å². The van der Waals surface area contributed by atoms with Gasteiger partial charge >= 0.3 is 0 Å². The van der Waals surface area contributed by atoms with E-state index in [1.807, 2.05) is 12.1 Å². The van der Waals surface area contributed by atoms with Gasteiger partial charge in [-0.3, -0.25) is 9.59 Å². The Balaban J connectivity index is 1.56. The number of nitrogens with zero attached hydrogens (tertiary/aromatic N) is 1. The highest BCUT2D eigenvalue weighted by molar-refractivity contribution is 5.94. The topological polar surface area (TPSA) is 81.9 Å². The summed E-state index contributed by atoms with van der Waals surface area (Å²) in [6.07, 6.45) is 3.52. The van der Waals surface area contributed by atoms with Crippen molar-refractivity contribution in [2.45, 2.75) is 31.8 Å². The Bertz CT molecular complexity index is 590. The van der Waals surface area contributed by atoms with E-state index in [0.717, 1.165) is 19.4 Å². The number of piperidine rings is 1. The summed E-state index contributed by atoms with van der Waals surface area (Å²) < 4.78 is 11.3. The van der Waals surface area contributed by atoms with E-state index in [1.165, 1.54) is 0 Å². The van der Waals surface area contributed by atoms with Gasteiger partial charge in [-0.1, -0.05) is 6.07 Å². The summed E-state index contributed by atoms with van der Waals surface area (Å²) in [7, 11) is 0. The number of amides is 2. The summed E-state index contributed by atoms with van der Waals surface area (Å²) in [6, 6.07) is 7.25. The fourth-order valence-corrected chi connectivity index (χ4v) is 3.23. The van der Waals surface area contributed by atoms with Gasteiger partial charge in [-0.25, -0.2) is 0 Å². The molecule has 130 valence electrons. The van der Waals surface area contributed by atoms with E-state index in [-0.39, 0.29) is 23.8 Å². The lowest BCUT2D eigenvalue weighted by Gasteiger charge is -2.30. The average molecular weight is 332 g/mol. The van der Waals surface area contributed by atoms with Gasteiger partial charge in [-0.05, 0) is 43.9 Å². The summed E-state index contributed by atoms with van der Waals surface area (Å²) in [5, 5.41) is 0. The maximum atomic E-state index is 12.6. The molecule has 24 heavy (non-hydrogen) atoms. The van der Waals surface area contributed by atoms with Gasteiger partial charge in [0.1, 0.15) is 12.4 Å². The Morgan fingerprint density at radius 2 is 2.04 bits per heavy atom. The summed E-state index contributed by atoms with van der Waals surface area (Å²) in [5.74, 6) is 0.269. The second-order valence-corrected chi connectivity index (χ2v) is 6.44. The van der Waals surface area contributed by atoms with E-state index in [9.17, 15) is 9.59 Å². The van der Waals surface area contributed by atoms with Crippen LogP contribution >= 0.6 is 0 Å². The van der Waals surface area contributed by atoms with Crippen molar-refractivity contribution in [3.63, 3.8) is 0 Å². The van der Waals surface area contributed by atoms with Crippen LogP contribution < -0.4 is 10.5 Å². The summed E-state index contributed by atoms with van der Waals surface area (Å²) in [4.78, 5) is 25.6. The van der Waals surface area contributed by atoms with Crippen molar-refractivity contribution >= 4 is 11.8 Å². The Morgan fingerprint density at radius 3 is 2.71 bits per heavy atom. The molecule has 6 nitrogen and oxygen atoms in total. The number of nitrogens with two attached hydrogens (primary N) is 1. The summed E-state index contributed by atoms with van der Waals surface area (Å²) >= 11 is 0. The number of carbonyl (C=O) groups excluding carboxylic acids is 2. The highest BCUT2D eigenvalue weighted by atomic mass is 16.5. The number of hydrogen-bond acceptors (Lipinski definition) is 4. The van der Waals surface area contributed by atoms with Crippen LogP contribution in [-0.2, 0) is 9.53 Å². The van der Waals surface area contributed by atoms with Crippen LogP contribution in [0.5, 0.6) is 5.75 Å². The third-order valence-electron chi connectivity index (χ3n) is 4.73. The smallest absolute Gasteiger partial charge is 0.253 e. The van der Waals surface area contributed by atoms with Crippen molar-refractivity contribution in [1.82, 2.24) is 4.90 Å². The zero-order valence-electron chi connectivity index (χ0n) is 13.8. The third kappa shape index (κ3) is 4.06. The van der Waals surface area contributed by atoms with Gasteiger partial charge in [0.05, 0.1) is 6.10 Å². The van der Waals surface area contributed by atoms with Gasteiger partial charge in [0, 0.05) is 31.2 Å². The molecular weight excluding hydrogens is 308 g/mol. The molecule has 2 amide bonds. The van der Waals surface area contributed by atoms with Crippen LogP contribution in [0.15, 0.2) is 24.3 Å². The molecular formula is C18H24N2O4. The Morgan fingerprint density at radius 1 is 1.25 bits per heavy atom.